The summed E-state index contributed by atoms with van der Waals surface area (Å²) in [6.07, 6.45) is -5.96. The first-order chi connectivity index (χ1) is 24.0. The summed E-state index contributed by atoms with van der Waals surface area (Å²) >= 11 is 0. The number of aliphatic hydroxyl groups excluding tert-OH is 2. The van der Waals surface area contributed by atoms with E-state index in [2.05, 4.69) is 10.6 Å². The van der Waals surface area contributed by atoms with Crippen LogP contribution in [-0.2, 0) is 30.3 Å². The van der Waals surface area contributed by atoms with Gasteiger partial charge in [-0.15, -0.1) is 0 Å². The first kappa shape index (κ1) is 37.8. The number of ketones is 3. The second kappa shape index (κ2) is 14.7. The average molecular weight is 714 g/mol. The zero-order chi connectivity index (χ0) is 37.5. The predicted octanol–water partition coefficient (Wildman–Crippen LogP) is -0.352. The second-order valence-electron chi connectivity index (χ2n) is 13.6. The molecule has 3 aliphatic rings. The number of aliphatic hydroxyl groups is 3. The standard InChI is InChI=1S/C35H43N3O13/c1-14(2)8-18(36)34(47)37-12-23(41)38-19-9-24(50-15(3)29(19)42)51-21-11-35(48,22(40)13-39)10-17-26(21)33(46)28-27(31(17)44)30(43)16-6-5-7-20(49-4)25(16)32(28)45/h5-7,14-15,18-19,21,24,29,39,42,44,46,48H,8-13,36H2,1-4H3,(H,37,47)(H,38,41)/t15-,18-,19-,21-,24-,29+,35-/m0/s1. The summed E-state index contributed by atoms with van der Waals surface area (Å²) in [5.74, 6) is -5.14. The third-order valence-corrected chi connectivity index (χ3v) is 9.59. The van der Waals surface area contributed by atoms with Crippen LogP contribution in [0.15, 0.2) is 18.2 Å². The number of aromatic hydroxyl groups is 2. The van der Waals surface area contributed by atoms with Gasteiger partial charge in [0.1, 0.15) is 35.6 Å². The Morgan fingerprint density at radius 1 is 1.10 bits per heavy atom. The highest BCUT2D eigenvalue weighted by Crippen LogP contribution is 2.52. The molecule has 51 heavy (non-hydrogen) atoms. The Morgan fingerprint density at radius 3 is 2.43 bits per heavy atom. The smallest absolute Gasteiger partial charge is 0.239 e. The minimum atomic E-state index is -2.35. The summed E-state index contributed by atoms with van der Waals surface area (Å²) in [7, 11) is 1.30. The number of phenols is 2. The van der Waals surface area contributed by atoms with E-state index in [0.717, 1.165) is 0 Å². The maximum atomic E-state index is 13.9. The molecular formula is C35H43N3O13. The minimum absolute atomic E-state index is 0.0537. The summed E-state index contributed by atoms with van der Waals surface area (Å²) in [5.41, 5.74) is 1.75. The van der Waals surface area contributed by atoms with Crippen LogP contribution in [0, 0.1) is 5.92 Å². The van der Waals surface area contributed by atoms with Crippen LogP contribution in [-0.4, -0.2) is 111 Å². The molecule has 0 unspecified atom stereocenters. The van der Waals surface area contributed by atoms with Crippen molar-refractivity contribution in [1.82, 2.24) is 10.6 Å². The lowest BCUT2D eigenvalue weighted by molar-refractivity contribution is -0.249. The van der Waals surface area contributed by atoms with E-state index < -0.39 is 120 Å². The number of benzene rings is 2. The molecule has 16 nitrogen and oxygen atoms in total. The third-order valence-electron chi connectivity index (χ3n) is 9.59. The Balaban J connectivity index is 1.46. The molecule has 276 valence electrons. The molecule has 9 N–H and O–H groups in total. The molecule has 16 heteroatoms. The van der Waals surface area contributed by atoms with Crippen molar-refractivity contribution in [3.8, 4) is 17.2 Å². The molecule has 7 atom stereocenters. The number of carbonyl (C=O) groups excluding carboxylic acids is 5. The van der Waals surface area contributed by atoms with Crippen LogP contribution in [0.1, 0.15) is 89.1 Å². The molecule has 0 spiro atoms. The van der Waals surface area contributed by atoms with Crippen molar-refractivity contribution in [3.05, 3.63) is 51.6 Å². The molecule has 2 aliphatic carbocycles. The number of nitrogens with one attached hydrogen (secondary N) is 2. The molecule has 2 aromatic carbocycles. The molecule has 0 saturated carbocycles. The summed E-state index contributed by atoms with van der Waals surface area (Å²) in [6.45, 7) is 3.79. The monoisotopic (exact) mass is 713 g/mol. The van der Waals surface area contributed by atoms with Gasteiger partial charge in [0.25, 0.3) is 0 Å². The summed E-state index contributed by atoms with van der Waals surface area (Å²) in [6, 6.07) is 2.49. The van der Waals surface area contributed by atoms with Gasteiger partial charge in [0, 0.05) is 36.0 Å². The van der Waals surface area contributed by atoms with Gasteiger partial charge in [-0.25, -0.2) is 0 Å². The highest BCUT2D eigenvalue weighted by atomic mass is 16.7. The van der Waals surface area contributed by atoms with Crippen molar-refractivity contribution in [2.45, 2.75) is 88.7 Å². The van der Waals surface area contributed by atoms with E-state index in [1.807, 2.05) is 13.8 Å². The van der Waals surface area contributed by atoms with Crippen molar-refractivity contribution in [3.63, 3.8) is 0 Å². The molecule has 2 amide bonds. The van der Waals surface area contributed by atoms with Crippen LogP contribution in [0.2, 0.25) is 0 Å². The summed E-state index contributed by atoms with van der Waals surface area (Å²) < 4.78 is 17.3. The fourth-order valence-corrected chi connectivity index (χ4v) is 7.03. The normalized spacial score (nSPS) is 26.1. The number of rotatable bonds is 11. The quantitative estimate of drug-likeness (QED) is 0.118. The first-order valence-corrected chi connectivity index (χ1v) is 16.6. The molecule has 1 heterocycles. The lowest BCUT2D eigenvalue weighted by atomic mass is 9.72. The average Bonchev–Trinajstić information content (AvgIpc) is 3.08. The second-order valence-corrected chi connectivity index (χ2v) is 13.6. The van der Waals surface area contributed by atoms with E-state index >= 15 is 0 Å². The van der Waals surface area contributed by atoms with Crippen molar-refractivity contribution in [2.75, 3.05) is 20.3 Å². The molecule has 0 bridgehead atoms. The highest BCUT2D eigenvalue weighted by molar-refractivity contribution is 6.31. The minimum Gasteiger partial charge on any atom is -0.507 e. The summed E-state index contributed by atoms with van der Waals surface area (Å²) in [4.78, 5) is 65.5. The first-order valence-electron chi connectivity index (χ1n) is 16.6. The molecule has 1 aliphatic heterocycles. The van der Waals surface area contributed by atoms with Crippen LogP contribution in [0.3, 0.4) is 0 Å². The Kier molecular flexibility index (Phi) is 10.9. The third kappa shape index (κ3) is 7.07. The van der Waals surface area contributed by atoms with Crippen LogP contribution in [0.5, 0.6) is 17.2 Å². The van der Waals surface area contributed by atoms with Gasteiger partial charge in [0.2, 0.25) is 17.6 Å². The number of nitrogens with two attached hydrogens (primary N) is 1. The zero-order valence-corrected chi connectivity index (χ0v) is 28.6. The SMILES string of the molecule is COc1cccc2c1C(=O)c1c(O)c3c(c(O)c1C2=O)C[C@@](O)(C(=O)CO)C[C@@H]3O[C@H]1C[C@H](NC(=O)CNC(=O)[C@@H](N)CC(C)C)[C@H](O)[C@H](C)O1. The van der Waals surface area contributed by atoms with Crippen LogP contribution in [0.25, 0.3) is 0 Å². The van der Waals surface area contributed by atoms with Gasteiger partial charge in [-0.3, -0.25) is 24.0 Å². The Hall–Kier alpha value is -4.45. The van der Waals surface area contributed by atoms with Crippen molar-refractivity contribution >= 4 is 29.2 Å². The number of fused-ring (bicyclic) bond motifs is 3. The zero-order valence-electron chi connectivity index (χ0n) is 28.6. The van der Waals surface area contributed by atoms with Crippen molar-refractivity contribution < 1.29 is 63.7 Å². The fraction of sp³-hybridized carbons (Fsp3) is 0.514. The van der Waals surface area contributed by atoms with Gasteiger partial charge < -0.3 is 56.1 Å². The van der Waals surface area contributed by atoms with Crippen LogP contribution in [0.4, 0.5) is 0 Å². The molecule has 2 aromatic rings. The van der Waals surface area contributed by atoms with Gasteiger partial charge in [0.05, 0.1) is 54.6 Å². The lowest BCUT2D eigenvalue weighted by Gasteiger charge is -2.43. The van der Waals surface area contributed by atoms with Gasteiger partial charge in [0.15, 0.2) is 17.9 Å². The molecule has 1 saturated heterocycles. The number of ether oxygens (including phenoxy) is 3. The highest BCUT2D eigenvalue weighted by Gasteiger charge is 2.50. The largest absolute Gasteiger partial charge is 0.507 e. The van der Waals surface area contributed by atoms with Crippen LogP contribution < -0.4 is 21.1 Å². The van der Waals surface area contributed by atoms with E-state index in [9.17, 15) is 49.5 Å². The van der Waals surface area contributed by atoms with E-state index in [1.165, 1.54) is 32.2 Å². The maximum Gasteiger partial charge on any atom is 0.239 e. The number of methoxy groups -OCH3 is 1. The number of phenolic OH excluding ortho intramolecular Hbond substituents is 2. The molecule has 0 radical (unpaired) electrons. The number of hydrogen-bond donors (Lipinski definition) is 8. The van der Waals surface area contributed by atoms with E-state index in [0.29, 0.717) is 6.42 Å². The topological polar surface area (TPSA) is 264 Å². The number of Topliss-reactive ketones (excluding diaryl/α,β-unsaturated/α-hetero) is 1. The Labute approximate surface area is 292 Å². The maximum absolute atomic E-state index is 13.9. The van der Waals surface area contributed by atoms with Crippen LogP contribution >= 0.6 is 0 Å². The Morgan fingerprint density at radius 2 is 1.78 bits per heavy atom. The molecule has 5 rings (SSSR count). The number of hydrogen-bond acceptors (Lipinski definition) is 14. The van der Waals surface area contributed by atoms with Crippen molar-refractivity contribution in [1.29, 1.82) is 0 Å². The van der Waals surface area contributed by atoms with E-state index in [4.69, 9.17) is 19.9 Å². The van der Waals surface area contributed by atoms with E-state index in [1.54, 1.807) is 0 Å². The van der Waals surface area contributed by atoms with Gasteiger partial charge in [-0.05, 0) is 25.3 Å². The van der Waals surface area contributed by atoms with E-state index in [-0.39, 0.29) is 40.3 Å². The lowest BCUT2D eigenvalue weighted by Crippen LogP contribution is -2.57. The summed E-state index contributed by atoms with van der Waals surface area (Å²) in [5, 5.41) is 60.3. The van der Waals surface area contributed by atoms with Gasteiger partial charge >= 0.3 is 0 Å². The Bertz CT molecular complexity index is 1760. The number of amides is 2. The molecule has 0 aromatic heterocycles. The van der Waals surface area contributed by atoms with Gasteiger partial charge in [-0.1, -0.05) is 26.0 Å². The van der Waals surface area contributed by atoms with Gasteiger partial charge in [-0.2, -0.15) is 0 Å². The molecule has 1 fully saturated rings. The predicted molar refractivity (Wildman–Crippen MR) is 176 cm³/mol. The fourth-order valence-electron chi connectivity index (χ4n) is 7.03. The molecular weight excluding hydrogens is 670 g/mol. The van der Waals surface area contributed by atoms with Crippen molar-refractivity contribution in [2.24, 2.45) is 11.7 Å². The number of carbonyl (C=O) groups is 5.